The second-order valence-electron chi connectivity index (χ2n) is 6.00. The number of nitrogen functional groups attached to an aromatic ring is 1. The topological polar surface area (TPSA) is 26.0 Å². The lowest BCUT2D eigenvalue weighted by molar-refractivity contribution is 0.236. The Morgan fingerprint density at radius 2 is 1.87 bits per heavy atom. The molecule has 1 aliphatic carbocycles. The summed E-state index contributed by atoms with van der Waals surface area (Å²) in [6.07, 6.45) is 2.35. The Balaban J connectivity index is 2.60. The van der Waals surface area contributed by atoms with E-state index in [0.717, 1.165) is 15.9 Å². The van der Waals surface area contributed by atoms with Crippen molar-refractivity contribution in [1.82, 2.24) is 0 Å². The van der Waals surface area contributed by atoms with Gasteiger partial charge < -0.3 is 5.73 Å². The van der Waals surface area contributed by atoms with Crippen LogP contribution in [0.5, 0.6) is 0 Å². The molecule has 0 aliphatic heterocycles. The van der Waals surface area contributed by atoms with E-state index in [1.165, 1.54) is 16.9 Å². The van der Waals surface area contributed by atoms with Crippen LogP contribution >= 0.6 is 27.3 Å². The minimum Gasteiger partial charge on any atom is -0.397 e. The standard InChI is InChI=1S/C12H18BrNS/c1-11(2)5-7-8(14)10(13)15-9(7)12(3,4)6-11/h5-6,14H2,1-4H3. The van der Waals surface area contributed by atoms with Crippen LogP contribution in [0.15, 0.2) is 3.79 Å². The molecule has 0 saturated heterocycles. The predicted molar refractivity (Wildman–Crippen MR) is 71.6 cm³/mol. The van der Waals surface area contributed by atoms with Crippen molar-refractivity contribution in [3.8, 4) is 0 Å². The minimum absolute atomic E-state index is 0.266. The molecule has 15 heavy (non-hydrogen) atoms. The molecule has 1 aromatic heterocycles. The highest BCUT2D eigenvalue weighted by Crippen LogP contribution is 2.52. The van der Waals surface area contributed by atoms with E-state index in [1.807, 2.05) is 11.3 Å². The summed E-state index contributed by atoms with van der Waals surface area (Å²) in [5, 5.41) is 0. The van der Waals surface area contributed by atoms with Gasteiger partial charge in [-0.2, -0.15) is 0 Å². The maximum atomic E-state index is 6.13. The molecule has 0 atom stereocenters. The number of thiophene rings is 1. The Labute approximate surface area is 104 Å². The van der Waals surface area contributed by atoms with E-state index >= 15 is 0 Å². The molecule has 0 aromatic carbocycles. The van der Waals surface area contributed by atoms with E-state index in [4.69, 9.17) is 5.73 Å². The molecule has 0 bridgehead atoms. The third-order valence-electron chi connectivity index (χ3n) is 3.19. The van der Waals surface area contributed by atoms with Crippen LogP contribution in [0.4, 0.5) is 5.69 Å². The van der Waals surface area contributed by atoms with Crippen LogP contribution in [0.3, 0.4) is 0 Å². The molecule has 2 rings (SSSR count). The molecule has 0 saturated carbocycles. The fourth-order valence-electron chi connectivity index (χ4n) is 2.99. The SMILES string of the molecule is CC1(C)Cc2c(sc(Br)c2N)C(C)(C)C1. The first-order valence-electron chi connectivity index (χ1n) is 5.30. The highest BCUT2D eigenvalue weighted by atomic mass is 79.9. The lowest BCUT2D eigenvalue weighted by Crippen LogP contribution is -2.33. The average Bonchev–Trinajstić information content (AvgIpc) is 2.29. The normalized spacial score (nSPS) is 22.5. The molecule has 0 spiro atoms. The van der Waals surface area contributed by atoms with E-state index < -0.39 is 0 Å². The third kappa shape index (κ3) is 1.84. The Hall–Kier alpha value is -0.0200. The van der Waals surface area contributed by atoms with Gasteiger partial charge in [-0.1, -0.05) is 27.7 Å². The Morgan fingerprint density at radius 1 is 1.27 bits per heavy atom. The molecular formula is C12H18BrNS. The van der Waals surface area contributed by atoms with Gasteiger partial charge in [-0.15, -0.1) is 11.3 Å². The van der Waals surface area contributed by atoms with Crippen LogP contribution in [0.2, 0.25) is 0 Å². The first-order chi connectivity index (χ1) is 6.73. The first kappa shape index (κ1) is 11.5. The molecule has 0 radical (unpaired) electrons. The third-order valence-corrected chi connectivity index (χ3v) is 5.51. The van der Waals surface area contributed by atoms with Crippen LogP contribution in [-0.4, -0.2) is 0 Å². The van der Waals surface area contributed by atoms with Crippen LogP contribution in [0.25, 0.3) is 0 Å². The van der Waals surface area contributed by atoms with Crippen molar-refractivity contribution in [2.45, 2.75) is 46.0 Å². The number of fused-ring (bicyclic) bond motifs is 1. The number of anilines is 1. The quantitative estimate of drug-likeness (QED) is 0.755. The van der Waals surface area contributed by atoms with E-state index in [1.54, 1.807) is 0 Å². The van der Waals surface area contributed by atoms with Gasteiger partial charge in [0.25, 0.3) is 0 Å². The molecule has 0 unspecified atom stereocenters. The minimum atomic E-state index is 0.266. The molecule has 0 amide bonds. The fourth-order valence-corrected chi connectivity index (χ4v) is 4.78. The largest absolute Gasteiger partial charge is 0.397 e. The number of hydrogen-bond acceptors (Lipinski definition) is 2. The van der Waals surface area contributed by atoms with Gasteiger partial charge in [-0.25, -0.2) is 0 Å². The van der Waals surface area contributed by atoms with Crippen LogP contribution in [0.1, 0.15) is 44.6 Å². The molecular weight excluding hydrogens is 270 g/mol. The van der Waals surface area contributed by atoms with E-state index in [-0.39, 0.29) is 5.41 Å². The van der Waals surface area contributed by atoms with Crippen LogP contribution in [0, 0.1) is 5.41 Å². The monoisotopic (exact) mass is 287 g/mol. The van der Waals surface area contributed by atoms with Crippen molar-refractivity contribution in [1.29, 1.82) is 0 Å². The fraction of sp³-hybridized carbons (Fsp3) is 0.667. The van der Waals surface area contributed by atoms with Gasteiger partial charge in [-0.05, 0) is 45.2 Å². The second kappa shape index (κ2) is 3.24. The number of nitrogens with two attached hydrogens (primary N) is 1. The molecule has 0 fully saturated rings. The van der Waals surface area contributed by atoms with E-state index in [2.05, 4.69) is 43.6 Å². The molecule has 1 nitrogen and oxygen atoms in total. The zero-order valence-corrected chi connectivity index (χ0v) is 12.2. The Morgan fingerprint density at radius 3 is 2.47 bits per heavy atom. The average molecular weight is 288 g/mol. The zero-order chi connectivity index (χ0) is 11.4. The maximum absolute atomic E-state index is 6.13. The lowest BCUT2D eigenvalue weighted by atomic mass is 9.66. The molecule has 1 aromatic rings. The van der Waals surface area contributed by atoms with E-state index in [0.29, 0.717) is 5.41 Å². The molecule has 3 heteroatoms. The number of halogens is 1. The van der Waals surface area contributed by atoms with Gasteiger partial charge in [-0.3, -0.25) is 0 Å². The maximum Gasteiger partial charge on any atom is 0.0933 e. The van der Waals surface area contributed by atoms with Gasteiger partial charge in [0.15, 0.2) is 0 Å². The van der Waals surface area contributed by atoms with E-state index in [9.17, 15) is 0 Å². The highest BCUT2D eigenvalue weighted by molar-refractivity contribution is 9.11. The van der Waals surface area contributed by atoms with Gasteiger partial charge in [0.1, 0.15) is 0 Å². The highest BCUT2D eigenvalue weighted by Gasteiger charge is 2.40. The Bertz CT molecular complexity index is 404. The zero-order valence-electron chi connectivity index (χ0n) is 9.78. The summed E-state index contributed by atoms with van der Waals surface area (Å²) < 4.78 is 1.11. The van der Waals surface area contributed by atoms with Crippen LogP contribution in [-0.2, 0) is 11.8 Å². The van der Waals surface area contributed by atoms with Gasteiger partial charge in [0.2, 0.25) is 0 Å². The number of rotatable bonds is 0. The molecule has 84 valence electrons. The van der Waals surface area contributed by atoms with Gasteiger partial charge in [0.05, 0.1) is 9.47 Å². The lowest BCUT2D eigenvalue weighted by Gasteiger charge is -2.40. The summed E-state index contributed by atoms with van der Waals surface area (Å²) >= 11 is 5.38. The summed E-state index contributed by atoms with van der Waals surface area (Å²) in [5.74, 6) is 0. The smallest absolute Gasteiger partial charge is 0.0933 e. The summed E-state index contributed by atoms with van der Waals surface area (Å²) in [6.45, 7) is 9.33. The van der Waals surface area contributed by atoms with Crippen molar-refractivity contribution in [3.05, 3.63) is 14.2 Å². The van der Waals surface area contributed by atoms with Crippen LogP contribution < -0.4 is 5.73 Å². The van der Waals surface area contributed by atoms with Crippen molar-refractivity contribution >= 4 is 33.0 Å². The Kier molecular flexibility index (Phi) is 2.47. The van der Waals surface area contributed by atoms with Crippen molar-refractivity contribution < 1.29 is 0 Å². The summed E-state index contributed by atoms with van der Waals surface area (Å²) in [5.41, 5.74) is 9.11. The summed E-state index contributed by atoms with van der Waals surface area (Å²) in [7, 11) is 0. The van der Waals surface area contributed by atoms with Crippen molar-refractivity contribution in [2.75, 3.05) is 5.73 Å². The van der Waals surface area contributed by atoms with Gasteiger partial charge in [0, 0.05) is 4.88 Å². The molecule has 2 N–H and O–H groups in total. The van der Waals surface area contributed by atoms with Crippen molar-refractivity contribution in [2.24, 2.45) is 5.41 Å². The van der Waals surface area contributed by atoms with Gasteiger partial charge >= 0.3 is 0 Å². The summed E-state index contributed by atoms with van der Waals surface area (Å²) in [4.78, 5) is 1.48. The predicted octanol–water partition coefficient (Wildman–Crippen LogP) is 4.34. The molecule has 1 heterocycles. The number of hydrogen-bond donors (Lipinski definition) is 1. The second-order valence-corrected chi connectivity index (χ2v) is 8.34. The molecule has 1 aliphatic rings. The van der Waals surface area contributed by atoms with Crippen molar-refractivity contribution in [3.63, 3.8) is 0 Å². The first-order valence-corrected chi connectivity index (χ1v) is 6.91. The summed E-state index contributed by atoms with van der Waals surface area (Å²) in [6, 6.07) is 0.